The van der Waals surface area contributed by atoms with Gasteiger partial charge in [-0.25, -0.2) is 4.98 Å². The Balaban J connectivity index is 1.74. The van der Waals surface area contributed by atoms with Gasteiger partial charge in [0.1, 0.15) is 11.6 Å². The molecule has 0 saturated heterocycles. The lowest BCUT2D eigenvalue weighted by atomic mass is 10.1. The average Bonchev–Trinajstić information content (AvgIpc) is 3.00. The van der Waals surface area contributed by atoms with Crippen LogP contribution in [0.15, 0.2) is 36.7 Å². The van der Waals surface area contributed by atoms with E-state index in [1.54, 1.807) is 12.4 Å². The lowest BCUT2D eigenvalue weighted by molar-refractivity contribution is 0.303. The molecule has 1 aromatic carbocycles. The lowest BCUT2D eigenvalue weighted by Crippen LogP contribution is -2.13. The number of nitrogens with one attached hydrogen (secondary N) is 1. The Morgan fingerprint density at radius 2 is 2.06 bits per heavy atom. The molecule has 88 valence electrons. The summed E-state index contributed by atoms with van der Waals surface area (Å²) in [6, 6.07) is 7.71. The highest BCUT2D eigenvalue weighted by atomic mass is 16.5. The molecule has 1 atom stereocenters. The molecule has 1 aliphatic carbocycles. The fraction of sp³-hybridized carbons (Fsp3) is 0.308. The Hall–Kier alpha value is -1.81. The first-order valence-corrected chi connectivity index (χ1v) is 5.84. The summed E-state index contributed by atoms with van der Waals surface area (Å²) in [5.41, 5.74) is 7.12. The molecule has 0 spiro atoms. The van der Waals surface area contributed by atoms with Gasteiger partial charge in [0.25, 0.3) is 0 Å². The van der Waals surface area contributed by atoms with Crippen molar-refractivity contribution in [3.8, 4) is 5.75 Å². The van der Waals surface area contributed by atoms with Crippen LogP contribution in [0.1, 0.15) is 30.3 Å². The number of benzene rings is 1. The predicted octanol–water partition coefficient (Wildman–Crippen LogP) is 2.00. The summed E-state index contributed by atoms with van der Waals surface area (Å²) >= 11 is 0. The van der Waals surface area contributed by atoms with Crippen molar-refractivity contribution < 1.29 is 4.74 Å². The van der Waals surface area contributed by atoms with Crippen molar-refractivity contribution in [2.75, 3.05) is 0 Å². The first-order chi connectivity index (χ1) is 8.33. The monoisotopic (exact) mass is 229 g/mol. The van der Waals surface area contributed by atoms with Gasteiger partial charge >= 0.3 is 0 Å². The molecule has 4 nitrogen and oxygen atoms in total. The molecule has 2 aromatic rings. The summed E-state index contributed by atoms with van der Waals surface area (Å²) in [6.45, 7) is 0. The molecule has 3 rings (SSSR count). The van der Waals surface area contributed by atoms with Gasteiger partial charge in [-0.1, -0.05) is 12.1 Å². The van der Waals surface area contributed by atoms with Crippen LogP contribution in [0.2, 0.25) is 0 Å². The van der Waals surface area contributed by atoms with Gasteiger partial charge in [0.2, 0.25) is 0 Å². The maximum Gasteiger partial charge on any atom is 0.127 e. The molecule has 1 fully saturated rings. The first kappa shape index (κ1) is 10.4. The molecular formula is C13H15N3O. The maximum absolute atomic E-state index is 6.09. The minimum absolute atomic E-state index is 0.208. The van der Waals surface area contributed by atoms with Gasteiger partial charge in [0.15, 0.2) is 0 Å². The van der Waals surface area contributed by atoms with Crippen LogP contribution in [0, 0.1) is 0 Å². The number of aromatic amines is 1. The number of nitrogens with two attached hydrogens (primary N) is 1. The van der Waals surface area contributed by atoms with E-state index in [1.165, 1.54) is 12.8 Å². The number of hydrogen-bond acceptors (Lipinski definition) is 3. The van der Waals surface area contributed by atoms with Crippen LogP contribution in [-0.2, 0) is 0 Å². The van der Waals surface area contributed by atoms with Crippen molar-refractivity contribution in [1.82, 2.24) is 9.97 Å². The van der Waals surface area contributed by atoms with E-state index in [-0.39, 0.29) is 6.04 Å². The number of aromatic nitrogens is 2. The molecule has 0 bridgehead atoms. The number of ether oxygens (including phenoxy) is 1. The van der Waals surface area contributed by atoms with E-state index in [0.717, 1.165) is 17.1 Å². The smallest absolute Gasteiger partial charge is 0.127 e. The van der Waals surface area contributed by atoms with Crippen LogP contribution in [0.5, 0.6) is 5.75 Å². The minimum atomic E-state index is -0.208. The second-order valence-electron chi connectivity index (χ2n) is 4.34. The molecule has 0 aliphatic heterocycles. The minimum Gasteiger partial charge on any atom is -0.490 e. The third kappa shape index (κ3) is 2.31. The van der Waals surface area contributed by atoms with Crippen LogP contribution in [0.4, 0.5) is 0 Å². The van der Waals surface area contributed by atoms with Crippen LogP contribution >= 0.6 is 0 Å². The van der Waals surface area contributed by atoms with Crippen molar-refractivity contribution in [3.05, 3.63) is 48.0 Å². The van der Waals surface area contributed by atoms with Crippen LogP contribution in [0.25, 0.3) is 0 Å². The first-order valence-electron chi connectivity index (χ1n) is 5.84. The number of imidazole rings is 1. The molecule has 17 heavy (non-hydrogen) atoms. The number of hydrogen-bond donors (Lipinski definition) is 2. The molecule has 1 unspecified atom stereocenters. The molecule has 1 aromatic heterocycles. The standard InChI is InChI=1S/C13H15N3O/c14-12(13-15-7-8-16-13)9-1-3-10(4-2-9)17-11-5-6-11/h1-4,7-8,11-12H,5-6,14H2,(H,15,16). The summed E-state index contributed by atoms with van der Waals surface area (Å²) in [5, 5.41) is 0. The van der Waals surface area contributed by atoms with Crippen LogP contribution in [0.3, 0.4) is 0 Å². The molecule has 1 heterocycles. The molecule has 1 saturated carbocycles. The zero-order valence-corrected chi connectivity index (χ0v) is 9.47. The highest BCUT2D eigenvalue weighted by Crippen LogP contribution is 2.27. The Bertz CT molecular complexity index is 474. The molecule has 0 amide bonds. The van der Waals surface area contributed by atoms with E-state index in [9.17, 15) is 0 Å². The number of nitrogens with zero attached hydrogens (tertiary/aromatic N) is 1. The van der Waals surface area contributed by atoms with Gasteiger partial charge in [-0.3, -0.25) is 0 Å². The number of H-pyrrole nitrogens is 1. The largest absolute Gasteiger partial charge is 0.490 e. The fourth-order valence-electron chi connectivity index (χ4n) is 1.74. The number of rotatable bonds is 4. The van der Waals surface area contributed by atoms with E-state index in [2.05, 4.69) is 9.97 Å². The Labute approximate surface area is 99.8 Å². The van der Waals surface area contributed by atoms with Gasteiger partial charge < -0.3 is 15.5 Å². The third-order valence-electron chi connectivity index (χ3n) is 2.88. The van der Waals surface area contributed by atoms with E-state index in [4.69, 9.17) is 10.5 Å². The lowest BCUT2D eigenvalue weighted by Gasteiger charge is -2.10. The van der Waals surface area contributed by atoms with Crippen molar-refractivity contribution in [2.24, 2.45) is 5.73 Å². The summed E-state index contributed by atoms with van der Waals surface area (Å²) in [7, 11) is 0. The van der Waals surface area contributed by atoms with Crippen molar-refractivity contribution in [3.63, 3.8) is 0 Å². The zero-order valence-electron chi connectivity index (χ0n) is 9.47. The molecule has 3 N–H and O–H groups in total. The normalized spacial score (nSPS) is 16.8. The topological polar surface area (TPSA) is 63.9 Å². The van der Waals surface area contributed by atoms with Gasteiger partial charge in [0.05, 0.1) is 12.1 Å². The Morgan fingerprint density at radius 3 is 2.65 bits per heavy atom. The van der Waals surface area contributed by atoms with E-state index in [1.807, 2.05) is 24.3 Å². The molecule has 4 heteroatoms. The second-order valence-corrected chi connectivity index (χ2v) is 4.34. The van der Waals surface area contributed by atoms with Crippen molar-refractivity contribution >= 4 is 0 Å². The van der Waals surface area contributed by atoms with E-state index in [0.29, 0.717) is 6.10 Å². The summed E-state index contributed by atoms with van der Waals surface area (Å²) in [4.78, 5) is 7.19. The van der Waals surface area contributed by atoms with E-state index >= 15 is 0 Å². The fourth-order valence-corrected chi connectivity index (χ4v) is 1.74. The summed E-state index contributed by atoms with van der Waals surface area (Å²) < 4.78 is 5.69. The Kier molecular flexibility index (Phi) is 2.57. The van der Waals surface area contributed by atoms with Gasteiger partial charge in [-0.2, -0.15) is 0 Å². The Morgan fingerprint density at radius 1 is 1.29 bits per heavy atom. The molecule has 1 aliphatic rings. The van der Waals surface area contributed by atoms with Crippen molar-refractivity contribution in [2.45, 2.75) is 25.0 Å². The van der Waals surface area contributed by atoms with Crippen LogP contribution < -0.4 is 10.5 Å². The van der Waals surface area contributed by atoms with Gasteiger partial charge in [0, 0.05) is 12.4 Å². The predicted molar refractivity (Wildman–Crippen MR) is 64.7 cm³/mol. The van der Waals surface area contributed by atoms with Gasteiger partial charge in [-0.15, -0.1) is 0 Å². The van der Waals surface area contributed by atoms with E-state index < -0.39 is 0 Å². The maximum atomic E-state index is 6.09. The average molecular weight is 229 g/mol. The second kappa shape index (κ2) is 4.22. The molecular weight excluding hydrogens is 214 g/mol. The summed E-state index contributed by atoms with van der Waals surface area (Å²) in [5.74, 6) is 1.70. The summed E-state index contributed by atoms with van der Waals surface area (Å²) in [6.07, 6.45) is 6.26. The quantitative estimate of drug-likeness (QED) is 0.842. The molecule has 0 radical (unpaired) electrons. The van der Waals surface area contributed by atoms with Crippen molar-refractivity contribution in [1.29, 1.82) is 0 Å². The SMILES string of the molecule is NC(c1ccc(OC2CC2)cc1)c1ncc[nH]1. The third-order valence-corrected chi connectivity index (χ3v) is 2.88. The van der Waals surface area contributed by atoms with Gasteiger partial charge in [-0.05, 0) is 30.5 Å². The highest BCUT2D eigenvalue weighted by molar-refractivity contribution is 5.31. The highest BCUT2D eigenvalue weighted by Gasteiger charge is 2.23. The zero-order chi connectivity index (χ0) is 11.7. The van der Waals surface area contributed by atoms with Crippen LogP contribution in [-0.4, -0.2) is 16.1 Å².